The van der Waals surface area contributed by atoms with Crippen molar-refractivity contribution in [2.75, 3.05) is 46.9 Å². The van der Waals surface area contributed by atoms with Gasteiger partial charge in [-0.05, 0) is 57.8 Å². The molecular weight excluding hydrogens is 505 g/mol. The number of piperidine rings is 1. The summed E-state index contributed by atoms with van der Waals surface area (Å²) in [6, 6.07) is 9.91. The van der Waals surface area contributed by atoms with E-state index in [1.807, 2.05) is 58.3 Å². The predicted molar refractivity (Wildman–Crippen MR) is 135 cm³/mol. The highest BCUT2D eigenvalue weighted by Crippen LogP contribution is 2.19. The highest BCUT2D eigenvalue weighted by Gasteiger charge is 2.21. The lowest BCUT2D eigenvalue weighted by atomic mass is 9.97. The van der Waals surface area contributed by atoms with Crippen LogP contribution in [0.25, 0.3) is 0 Å². The first kappa shape index (κ1) is 25.5. The smallest absolute Gasteiger partial charge is 0.208 e. The zero-order chi connectivity index (χ0) is 21.3. The molecule has 1 aromatic heterocycles. The van der Waals surface area contributed by atoms with E-state index >= 15 is 0 Å². The molecule has 0 aliphatic carbocycles. The van der Waals surface area contributed by atoms with Crippen LogP contribution in [0.3, 0.4) is 0 Å². The highest BCUT2D eigenvalue weighted by atomic mass is 127. The Morgan fingerprint density at radius 1 is 1.26 bits per heavy atom. The van der Waals surface area contributed by atoms with Crippen molar-refractivity contribution in [3.8, 4) is 5.75 Å². The number of aromatic nitrogens is 1. The van der Waals surface area contributed by atoms with Gasteiger partial charge in [0, 0.05) is 20.6 Å². The van der Waals surface area contributed by atoms with Gasteiger partial charge in [0.25, 0.3) is 0 Å². The van der Waals surface area contributed by atoms with Crippen molar-refractivity contribution in [2.24, 2.45) is 10.9 Å². The second kappa shape index (κ2) is 12.9. The number of para-hydroxylation sites is 1. The minimum absolute atomic E-state index is 0. The summed E-state index contributed by atoms with van der Waals surface area (Å²) in [5.41, 5.74) is 0.994. The number of aliphatic imine (C=N–C) groups is 1. The van der Waals surface area contributed by atoms with Crippen molar-refractivity contribution in [1.82, 2.24) is 20.1 Å². The Hall–Kier alpha value is -1.81. The zero-order valence-electron chi connectivity index (χ0n) is 19.1. The van der Waals surface area contributed by atoms with Gasteiger partial charge >= 0.3 is 0 Å². The Morgan fingerprint density at radius 2 is 1.97 bits per heavy atom. The Labute approximate surface area is 203 Å². The van der Waals surface area contributed by atoms with Crippen LogP contribution >= 0.6 is 24.0 Å². The van der Waals surface area contributed by atoms with Gasteiger partial charge in [-0.3, -0.25) is 9.89 Å². The third-order valence-corrected chi connectivity index (χ3v) is 5.70. The van der Waals surface area contributed by atoms with E-state index in [1.54, 1.807) is 0 Å². The van der Waals surface area contributed by atoms with E-state index < -0.39 is 0 Å². The lowest BCUT2D eigenvalue weighted by Crippen LogP contribution is -2.44. The van der Waals surface area contributed by atoms with Crippen molar-refractivity contribution >= 4 is 29.9 Å². The second-order valence-electron chi connectivity index (χ2n) is 7.98. The SMILES string of the molecule is CN=C(NCC1CCN(Cc2nc(C)c(C)o2)CC1)N(C)CCOc1ccccc1.I. The van der Waals surface area contributed by atoms with Gasteiger partial charge < -0.3 is 19.4 Å². The molecule has 8 heteroatoms. The van der Waals surface area contributed by atoms with Crippen molar-refractivity contribution in [1.29, 1.82) is 0 Å². The zero-order valence-corrected chi connectivity index (χ0v) is 21.5. The molecule has 172 valence electrons. The summed E-state index contributed by atoms with van der Waals surface area (Å²) < 4.78 is 11.5. The minimum Gasteiger partial charge on any atom is -0.492 e. The molecule has 1 aliphatic heterocycles. The van der Waals surface area contributed by atoms with Crippen LogP contribution in [0, 0.1) is 19.8 Å². The molecule has 1 fully saturated rings. The lowest BCUT2D eigenvalue weighted by molar-refractivity contribution is 0.163. The maximum atomic E-state index is 5.79. The van der Waals surface area contributed by atoms with Crippen LogP contribution in [0.4, 0.5) is 0 Å². The van der Waals surface area contributed by atoms with Crippen LogP contribution in [0.15, 0.2) is 39.7 Å². The standard InChI is InChI=1S/C23H35N5O2.HI/c1-18-19(2)30-22(26-18)17-28-12-10-20(11-13-28)16-25-23(24-3)27(4)14-15-29-21-8-6-5-7-9-21;/h5-9,20H,10-17H2,1-4H3,(H,24,25);1H. The van der Waals surface area contributed by atoms with Gasteiger partial charge in [0.1, 0.15) is 18.1 Å². The molecule has 0 bridgehead atoms. The number of hydrogen-bond donors (Lipinski definition) is 1. The van der Waals surface area contributed by atoms with Gasteiger partial charge in [0.15, 0.2) is 5.96 Å². The van der Waals surface area contributed by atoms with Crippen LogP contribution in [0.5, 0.6) is 5.75 Å². The molecule has 0 unspecified atom stereocenters. The van der Waals surface area contributed by atoms with E-state index in [9.17, 15) is 0 Å². The molecule has 1 aliphatic rings. The third kappa shape index (κ3) is 7.99. The Kier molecular flexibility index (Phi) is 10.6. The van der Waals surface area contributed by atoms with E-state index in [4.69, 9.17) is 9.15 Å². The normalized spacial score (nSPS) is 15.4. The fourth-order valence-electron chi connectivity index (χ4n) is 3.69. The molecule has 0 spiro atoms. The number of benzene rings is 1. The van der Waals surface area contributed by atoms with Gasteiger partial charge in [0.2, 0.25) is 5.89 Å². The quantitative estimate of drug-likeness (QED) is 0.313. The summed E-state index contributed by atoms with van der Waals surface area (Å²) in [4.78, 5) is 13.5. The van der Waals surface area contributed by atoms with Gasteiger partial charge in [-0.2, -0.15) is 0 Å². The van der Waals surface area contributed by atoms with Gasteiger partial charge in [-0.1, -0.05) is 18.2 Å². The van der Waals surface area contributed by atoms with Crippen molar-refractivity contribution in [3.05, 3.63) is 47.7 Å². The van der Waals surface area contributed by atoms with Crippen LogP contribution in [-0.4, -0.2) is 67.6 Å². The molecule has 7 nitrogen and oxygen atoms in total. The largest absolute Gasteiger partial charge is 0.492 e. The maximum absolute atomic E-state index is 5.79. The van der Waals surface area contributed by atoms with Crippen LogP contribution in [0.2, 0.25) is 0 Å². The van der Waals surface area contributed by atoms with Gasteiger partial charge in [-0.25, -0.2) is 4.98 Å². The molecule has 1 saturated heterocycles. The first-order valence-corrected chi connectivity index (χ1v) is 10.8. The van der Waals surface area contributed by atoms with Crippen molar-refractivity contribution < 1.29 is 9.15 Å². The van der Waals surface area contributed by atoms with Crippen molar-refractivity contribution in [3.63, 3.8) is 0 Å². The molecule has 2 heterocycles. The number of nitrogens with zero attached hydrogens (tertiary/aromatic N) is 4. The number of oxazole rings is 1. The molecule has 0 radical (unpaired) electrons. The summed E-state index contributed by atoms with van der Waals surface area (Å²) in [7, 11) is 3.88. The molecule has 1 aromatic carbocycles. The number of halogens is 1. The molecule has 2 aromatic rings. The maximum Gasteiger partial charge on any atom is 0.208 e. The van der Waals surface area contributed by atoms with Crippen LogP contribution in [0.1, 0.15) is 30.2 Å². The second-order valence-corrected chi connectivity index (χ2v) is 7.98. The minimum atomic E-state index is 0. The van der Waals surface area contributed by atoms with Crippen molar-refractivity contribution in [2.45, 2.75) is 33.2 Å². The number of guanidine groups is 1. The van der Waals surface area contributed by atoms with E-state index in [-0.39, 0.29) is 24.0 Å². The summed E-state index contributed by atoms with van der Waals surface area (Å²) in [6.07, 6.45) is 2.34. The molecule has 1 N–H and O–H groups in total. The third-order valence-electron chi connectivity index (χ3n) is 5.70. The predicted octanol–water partition coefficient (Wildman–Crippen LogP) is 3.71. The summed E-state index contributed by atoms with van der Waals surface area (Å²) in [5.74, 6) is 4.23. The average molecular weight is 541 g/mol. The number of likely N-dealkylation sites (tertiary alicyclic amines) is 1. The van der Waals surface area contributed by atoms with E-state index in [0.29, 0.717) is 12.5 Å². The first-order valence-electron chi connectivity index (χ1n) is 10.8. The number of hydrogen-bond acceptors (Lipinski definition) is 5. The Morgan fingerprint density at radius 3 is 2.58 bits per heavy atom. The highest BCUT2D eigenvalue weighted by molar-refractivity contribution is 14.0. The summed E-state index contributed by atoms with van der Waals surface area (Å²) >= 11 is 0. The van der Waals surface area contributed by atoms with Crippen LogP contribution < -0.4 is 10.1 Å². The molecule has 0 saturated carbocycles. The molecule has 31 heavy (non-hydrogen) atoms. The number of aryl methyl sites for hydroxylation is 2. The lowest BCUT2D eigenvalue weighted by Gasteiger charge is -2.32. The monoisotopic (exact) mass is 541 g/mol. The fraction of sp³-hybridized carbons (Fsp3) is 0.565. The number of ether oxygens (including phenoxy) is 1. The molecule has 0 atom stereocenters. The Bertz CT molecular complexity index is 784. The van der Waals surface area contributed by atoms with Crippen LogP contribution in [-0.2, 0) is 6.54 Å². The summed E-state index contributed by atoms with van der Waals surface area (Å²) in [5, 5.41) is 3.53. The molecular formula is C23H36IN5O2. The van der Waals surface area contributed by atoms with E-state index in [2.05, 4.69) is 25.1 Å². The Balaban J connectivity index is 0.00000341. The number of nitrogens with one attached hydrogen (secondary N) is 1. The summed E-state index contributed by atoms with van der Waals surface area (Å²) in [6.45, 7) is 9.28. The average Bonchev–Trinajstić information content (AvgIpc) is 3.07. The van der Waals surface area contributed by atoms with E-state index in [1.165, 1.54) is 12.8 Å². The number of likely N-dealkylation sites (N-methyl/N-ethyl adjacent to an activating group) is 1. The first-order chi connectivity index (χ1) is 14.5. The topological polar surface area (TPSA) is 66.1 Å². The number of rotatable bonds is 8. The molecule has 3 rings (SSSR count). The fourth-order valence-corrected chi connectivity index (χ4v) is 3.69. The van der Waals surface area contributed by atoms with E-state index in [0.717, 1.165) is 61.8 Å². The molecule has 0 amide bonds. The van der Waals surface area contributed by atoms with Gasteiger partial charge in [-0.15, -0.1) is 24.0 Å². The van der Waals surface area contributed by atoms with Gasteiger partial charge in [0.05, 0.1) is 18.8 Å².